The van der Waals surface area contributed by atoms with Crippen molar-refractivity contribution >= 4 is 38.3 Å². The van der Waals surface area contributed by atoms with E-state index in [1.165, 1.54) is 19.3 Å². The Morgan fingerprint density at radius 3 is 2.64 bits per heavy atom. The highest BCUT2D eigenvalue weighted by atomic mass is 32.2. The highest BCUT2D eigenvalue weighted by Gasteiger charge is 2.23. The number of nitrogens with zero attached hydrogens (tertiary/aromatic N) is 3. The van der Waals surface area contributed by atoms with Gasteiger partial charge in [-0.3, -0.25) is 10.1 Å². The van der Waals surface area contributed by atoms with E-state index in [1.807, 2.05) is 6.07 Å². The van der Waals surface area contributed by atoms with E-state index in [-0.39, 0.29) is 39.1 Å². The number of ether oxygens (including phenoxy) is 2. The van der Waals surface area contributed by atoms with Gasteiger partial charge in [-0.2, -0.15) is 5.26 Å². The van der Waals surface area contributed by atoms with Gasteiger partial charge in [0, 0.05) is 5.56 Å². The molecule has 1 heterocycles. The summed E-state index contributed by atoms with van der Waals surface area (Å²) >= 11 is 0.715. The molecule has 0 unspecified atom stereocenters. The molecule has 0 saturated carbocycles. The first-order valence-corrected chi connectivity index (χ1v) is 13.1. The van der Waals surface area contributed by atoms with Gasteiger partial charge >= 0.3 is 0 Å². The Morgan fingerprint density at radius 2 is 1.97 bits per heavy atom. The number of halogens is 1. The highest BCUT2D eigenvalue weighted by molar-refractivity contribution is 7.93. The number of hydrogen-bond donors (Lipinski definition) is 1. The number of carbonyl (C=O) groups excluding carboxylic acids is 1. The number of amides is 1. The summed E-state index contributed by atoms with van der Waals surface area (Å²) in [5.74, 6) is -0.688. The Hall–Kier alpha value is -3.82. The molecule has 0 aliphatic heterocycles. The number of nitrogens with one attached hydrogen (secondary N) is 1. The zero-order valence-corrected chi connectivity index (χ0v) is 21.3. The van der Waals surface area contributed by atoms with Crippen molar-refractivity contribution in [1.29, 1.82) is 5.26 Å². The van der Waals surface area contributed by atoms with Gasteiger partial charge in [0.1, 0.15) is 24.1 Å². The number of nitriles is 1. The van der Waals surface area contributed by atoms with Crippen molar-refractivity contribution in [3.63, 3.8) is 0 Å². The maximum atomic E-state index is 13.8. The molecule has 0 atom stereocenters. The Labute approximate surface area is 212 Å². The molecule has 188 valence electrons. The minimum Gasteiger partial charge on any atom is -0.493 e. The average Bonchev–Trinajstić information content (AvgIpc) is 3.31. The van der Waals surface area contributed by atoms with Crippen LogP contribution in [0.5, 0.6) is 11.5 Å². The van der Waals surface area contributed by atoms with Gasteiger partial charge in [-0.25, -0.2) is 12.8 Å². The predicted octanol–water partition coefficient (Wildman–Crippen LogP) is 4.24. The van der Waals surface area contributed by atoms with Gasteiger partial charge in [-0.05, 0) is 35.8 Å². The third-order valence-electron chi connectivity index (χ3n) is 4.65. The summed E-state index contributed by atoms with van der Waals surface area (Å²) in [4.78, 5) is 12.6. The molecule has 2 aromatic carbocycles. The minimum atomic E-state index is -3.62. The van der Waals surface area contributed by atoms with Crippen molar-refractivity contribution < 1.29 is 27.1 Å². The number of rotatable bonds is 10. The van der Waals surface area contributed by atoms with Crippen LogP contribution in [0.2, 0.25) is 0 Å². The number of benzene rings is 2. The van der Waals surface area contributed by atoms with Gasteiger partial charge in [0.2, 0.25) is 19.3 Å². The van der Waals surface area contributed by atoms with Crippen LogP contribution in [0.3, 0.4) is 0 Å². The second-order valence-corrected chi connectivity index (χ2v) is 11.1. The van der Waals surface area contributed by atoms with Crippen LogP contribution in [-0.2, 0) is 21.2 Å². The van der Waals surface area contributed by atoms with Crippen molar-refractivity contribution in [1.82, 2.24) is 10.2 Å². The van der Waals surface area contributed by atoms with E-state index in [1.54, 1.807) is 50.2 Å². The van der Waals surface area contributed by atoms with Crippen LogP contribution < -0.4 is 14.8 Å². The molecule has 0 radical (unpaired) electrons. The van der Waals surface area contributed by atoms with Crippen LogP contribution in [0.1, 0.15) is 25.0 Å². The second kappa shape index (κ2) is 11.7. The molecule has 3 rings (SSSR count). The molecule has 9 nitrogen and oxygen atoms in total. The molecule has 1 N–H and O–H groups in total. The molecule has 36 heavy (non-hydrogen) atoms. The predicted molar refractivity (Wildman–Crippen MR) is 133 cm³/mol. The number of carbonyl (C=O) groups is 1. The van der Waals surface area contributed by atoms with Gasteiger partial charge in [0.05, 0.1) is 12.9 Å². The Kier molecular flexibility index (Phi) is 8.73. The maximum absolute atomic E-state index is 13.8. The molecule has 12 heteroatoms. The van der Waals surface area contributed by atoms with E-state index < -0.39 is 15.7 Å². The quantitative estimate of drug-likeness (QED) is 0.234. The van der Waals surface area contributed by atoms with Crippen LogP contribution in [0.4, 0.5) is 9.52 Å². The molecule has 3 aromatic rings. The highest BCUT2D eigenvalue weighted by Crippen LogP contribution is 2.30. The van der Waals surface area contributed by atoms with Gasteiger partial charge in [0.25, 0.3) is 5.91 Å². The molecule has 0 fully saturated rings. The standard InChI is InChI=1S/C24H23FN4O5S2/c1-15(2)14-36(31,32)24-29-28-23(35-24)27-22(30)18(12-26)10-16-8-9-20(21(11-16)33-3)34-13-17-6-4-5-7-19(17)25/h4-11,15H,13-14H2,1-3H3,(H,27,28,30)/b18-10-. The van der Waals surface area contributed by atoms with Crippen molar-refractivity contribution in [2.45, 2.75) is 24.8 Å². The lowest BCUT2D eigenvalue weighted by Gasteiger charge is -2.12. The van der Waals surface area contributed by atoms with E-state index in [0.717, 1.165) is 0 Å². The van der Waals surface area contributed by atoms with E-state index >= 15 is 0 Å². The lowest BCUT2D eigenvalue weighted by atomic mass is 10.1. The molecular formula is C24H23FN4O5S2. The third kappa shape index (κ3) is 6.87. The van der Waals surface area contributed by atoms with Crippen LogP contribution in [-0.4, -0.2) is 37.4 Å². The van der Waals surface area contributed by atoms with Crippen LogP contribution >= 0.6 is 11.3 Å². The van der Waals surface area contributed by atoms with Crippen LogP contribution in [0.15, 0.2) is 52.4 Å². The summed E-state index contributed by atoms with van der Waals surface area (Å²) in [5, 5.41) is 19.2. The SMILES string of the molecule is COc1cc(/C=C(/C#N)C(=O)Nc2nnc(S(=O)(=O)CC(C)C)s2)ccc1OCc1ccccc1F. The molecule has 0 aliphatic rings. The Morgan fingerprint density at radius 1 is 1.22 bits per heavy atom. The second-order valence-electron chi connectivity index (χ2n) is 7.96. The molecule has 0 saturated heterocycles. The fourth-order valence-corrected chi connectivity index (χ4v) is 5.65. The van der Waals surface area contributed by atoms with Gasteiger partial charge in [0.15, 0.2) is 11.5 Å². The molecule has 0 aliphatic carbocycles. The zero-order chi connectivity index (χ0) is 26.3. The van der Waals surface area contributed by atoms with Crippen LogP contribution in [0, 0.1) is 23.1 Å². The van der Waals surface area contributed by atoms with Gasteiger partial charge in [-0.15, -0.1) is 10.2 Å². The molecule has 0 spiro atoms. The lowest BCUT2D eigenvalue weighted by molar-refractivity contribution is -0.112. The van der Waals surface area contributed by atoms with Gasteiger partial charge < -0.3 is 9.47 Å². The van der Waals surface area contributed by atoms with Gasteiger partial charge in [-0.1, -0.05) is 49.4 Å². The molecule has 1 amide bonds. The minimum absolute atomic E-state index is 0.0131. The zero-order valence-electron chi connectivity index (χ0n) is 19.7. The monoisotopic (exact) mass is 530 g/mol. The lowest BCUT2D eigenvalue weighted by Crippen LogP contribution is -2.13. The van der Waals surface area contributed by atoms with E-state index in [9.17, 15) is 22.9 Å². The Balaban J connectivity index is 1.74. The van der Waals surface area contributed by atoms with Crippen molar-refractivity contribution in [2.75, 3.05) is 18.2 Å². The fraction of sp³-hybridized carbons (Fsp3) is 0.250. The smallest absolute Gasteiger partial charge is 0.268 e. The number of sulfone groups is 1. The van der Waals surface area contributed by atoms with Crippen molar-refractivity contribution in [3.8, 4) is 17.6 Å². The first-order valence-electron chi connectivity index (χ1n) is 10.7. The first kappa shape index (κ1) is 26.8. The number of hydrogen-bond acceptors (Lipinski definition) is 9. The number of anilines is 1. The summed E-state index contributed by atoms with van der Waals surface area (Å²) in [6.45, 7) is 3.52. The fourth-order valence-electron chi connectivity index (χ4n) is 3.04. The van der Waals surface area contributed by atoms with Crippen molar-refractivity contribution in [2.24, 2.45) is 5.92 Å². The van der Waals surface area contributed by atoms with Crippen LogP contribution in [0.25, 0.3) is 6.08 Å². The normalized spacial score (nSPS) is 11.7. The Bertz CT molecular complexity index is 1430. The molecular weight excluding hydrogens is 507 g/mol. The molecule has 0 bridgehead atoms. The van der Waals surface area contributed by atoms with E-state index in [0.29, 0.717) is 34.0 Å². The first-order chi connectivity index (χ1) is 17.1. The third-order valence-corrected chi connectivity index (χ3v) is 8.01. The summed E-state index contributed by atoms with van der Waals surface area (Å²) in [7, 11) is -2.19. The van der Waals surface area contributed by atoms with Crippen molar-refractivity contribution in [3.05, 3.63) is 65.0 Å². The molecule has 1 aromatic heterocycles. The maximum Gasteiger partial charge on any atom is 0.268 e. The summed E-state index contributed by atoms with van der Waals surface area (Å²) in [6, 6.07) is 12.8. The number of methoxy groups -OCH3 is 1. The topological polar surface area (TPSA) is 131 Å². The van der Waals surface area contributed by atoms with E-state index in [2.05, 4.69) is 15.5 Å². The largest absolute Gasteiger partial charge is 0.493 e. The van der Waals surface area contributed by atoms with E-state index in [4.69, 9.17) is 9.47 Å². The number of aromatic nitrogens is 2. The summed E-state index contributed by atoms with van der Waals surface area (Å²) in [5.41, 5.74) is 0.594. The average molecular weight is 531 g/mol. The summed E-state index contributed by atoms with van der Waals surface area (Å²) < 4.78 is 49.2. The summed E-state index contributed by atoms with van der Waals surface area (Å²) in [6.07, 6.45) is 1.33.